The van der Waals surface area contributed by atoms with E-state index in [2.05, 4.69) is 38.1 Å². The third-order valence-electron chi connectivity index (χ3n) is 3.79. The fraction of sp³-hybridized carbons (Fsp3) is 0.294. The predicted octanol–water partition coefficient (Wildman–Crippen LogP) is 4.81. The monoisotopic (exact) mass is 272 g/mol. The summed E-state index contributed by atoms with van der Waals surface area (Å²) in [6.45, 7) is 5.12. The number of fused-ring (bicyclic) bond motifs is 1. The van der Waals surface area contributed by atoms with E-state index < -0.39 is 0 Å². The van der Waals surface area contributed by atoms with Gasteiger partial charge in [0.15, 0.2) is 0 Å². The Bertz CT molecular complexity index is 631. The molecule has 1 nitrogen and oxygen atoms in total. The average Bonchev–Trinajstić information content (AvgIpc) is 2.85. The molecular formula is C17H17ClO. The molecule has 2 aromatic rings. The molecule has 0 aliphatic carbocycles. The lowest BCUT2D eigenvalue weighted by molar-refractivity contribution is 0.357. The van der Waals surface area contributed by atoms with E-state index in [4.69, 9.17) is 16.3 Å². The van der Waals surface area contributed by atoms with Gasteiger partial charge in [0.1, 0.15) is 5.75 Å². The number of hydrogen-bond acceptors (Lipinski definition) is 1. The van der Waals surface area contributed by atoms with Crippen molar-refractivity contribution in [2.45, 2.75) is 26.7 Å². The van der Waals surface area contributed by atoms with Gasteiger partial charge in [-0.15, -0.1) is 0 Å². The molecule has 0 aromatic heterocycles. The van der Waals surface area contributed by atoms with Crippen LogP contribution in [0.3, 0.4) is 0 Å². The van der Waals surface area contributed by atoms with E-state index in [1.165, 1.54) is 27.8 Å². The predicted molar refractivity (Wildman–Crippen MR) is 80.2 cm³/mol. The van der Waals surface area contributed by atoms with Crippen LogP contribution >= 0.6 is 11.6 Å². The quantitative estimate of drug-likeness (QED) is 0.762. The fourth-order valence-corrected chi connectivity index (χ4v) is 3.13. The summed E-state index contributed by atoms with van der Waals surface area (Å²) in [5, 5.41) is 0.807. The van der Waals surface area contributed by atoms with E-state index in [1.54, 1.807) is 0 Å². The Hall–Kier alpha value is -1.47. The van der Waals surface area contributed by atoms with Gasteiger partial charge in [-0.3, -0.25) is 0 Å². The SMILES string of the molecule is CCc1c(C)cc(Cl)cc1-c1ccc2c(c1)CCO2. The first-order valence-corrected chi connectivity index (χ1v) is 7.12. The van der Waals surface area contributed by atoms with Gasteiger partial charge in [-0.2, -0.15) is 0 Å². The molecule has 98 valence electrons. The lowest BCUT2D eigenvalue weighted by atomic mass is 9.93. The number of rotatable bonds is 2. The molecule has 2 heteroatoms. The van der Waals surface area contributed by atoms with E-state index in [-0.39, 0.29) is 0 Å². The van der Waals surface area contributed by atoms with Crippen molar-refractivity contribution >= 4 is 11.6 Å². The molecule has 0 bridgehead atoms. The van der Waals surface area contributed by atoms with Gasteiger partial charge >= 0.3 is 0 Å². The van der Waals surface area contributed by atoms with Gasteiger partial charge in [0, 0.05) is 11.4 Å². The summed E-state index contributed by atoms with van der Waals surface area (Å²) < 4.78 is 5.57. The van der Waals surface area contributed by atoms with Crippen LogP contribution in [0, 0.1) is 6.92 Å². The summed E-state index contributed by atoms with van der Waals surface area (Å²) in [4.78, 5) is 0. The number of aryl methyl sites for hydroxylation is 1. The maximum Gasteiger partial charge on any atom is 0.122 e. The highest BCUT2D eigenvalue weighted by Gasteiger charge is 2.14. The summed E-state index contributed by atoms with van der Waals surface area (Å²) in [7, 11) is 0. The first-order valence-electron chi connectivity index (χ1n) is 6.74. The summed E-state index contributed by atoms with van der Waals surface area (Å²) in [6.07, 6.45) is 2.02. The van der Waals surface area contributed by atoms with Gasteiger partial charge in [0.2, 0.25) is 0 Å². The molecule has 0 atom stereocenters. The molecule has 0 fully saturated rings. The zero-order valence-electron chi connectivity index (χ0n) is 11.3. The van der Waals surface area contributed by atoms with E-state index in [0.717, 1.165) is 30.2 Å². The van der Waals surface area contributed by atoms with Crippen molar-refractivity contribution in [3.8, 4) is 16.9 Å². The Labute approximate surface area is 119 Å². The van der Waals surface area contributed by atoms with Gasteiger partial charge in [-0.05, 0) is 65.4 Å². The molecule has 0 saturated heterocycles. The minimum absolute atomic E-state index is 0.800. The van der Waals surface area contributed by atoms with Crippen LogP contribution < -0.4 is 4.74 Å². The molecule has 3 rings (SSSR count). The molecular weight excluding hydrogens is 256 g/mol. The van der Waals surface area contributed by atoms with Crippen molar-refractivity contribution in [1.29, 1.82) is 0 Å². The Kier molecular flexibility index (Phi) is 3.24. The van der Waals surface area contributed by atoms with Crippen molar-refractivity contribution in [3.63, 3.8) is 0 Å². The highest BCUT2D eigenvalue weighted by Crippen LogP contribution is 2.34. The zero-order chi connectivity index (χ0) is 13.4. The number of hydrogen-bond donors (Lipinski definition) is 0. The van der Waals surface area contributed by atoms with Crippen LogP contribution in [0.4, 0.5) is 0 Å². The molecule has 0 amide bonds. The Balaban J connectivity index is 2.16. The van der Waals surface area contributed by atoms with E-state index >= 15 is 0 Å². The van der Waals surface area contributed by atoms with Crippen LogP contribution in [-0.4, -0.2) is 6.61 Å². The molecule has 1 aliphatic heterocycles. The lowest BCUT2D eigenvalue weighted by Crippen LogP contribution is -1.93. The first kappa shape index (κ1) is 12.6. The topological polar surface area (TPSA) is 9.23 Å². The van der Waals surface area contributed by atoms with Crippen molar-refractivity contribution in [2.24, 2.45) is 0 Å². The van der Waals surface area contributed by atoms with Crippen LogP contribution in [0.2, 0.25) is 5.02 Å². The molecule has 19 heavy (non-hydrogen) atoms. The van der Waals surface area contributed by atoms with E-state index in [1.807, 2.05) is 6.07 Å². The third kappa shape index (κ3) is 2.23. The molecule has 2 aromatic carbocycles. The third-order valence-corrected chi connectivity index (χ3v) is 4.01. The van der Waals surface area contributed by atoms with E-state index in [0.29, 0.717) is 0 Å². The molecule has 0 saturated carbocycles. The summed E-state index contributed by atoms with van der Waals surface area (Å²) in [5.41, 5.74) is 6.44. The summed E-state index contributed by atoms with van der Waals surface area (Å²) >= 11 is 6.22. The second kappa shape index (κ2) is 4.90. The maximum absolute atomic E-state index is 6.22. The van der Waals surface area contributed by atoms with Gasteiger partial charge in [0.25, 0.3) is 0 Å². The van der Waals surface area contributed by atoms with Crippen molar-refractivity contribution in [3.05, 3.63) is 52.0 Å². The lowest BCUT2D eigenvalue weighted by Gasteiger charge is -2.13. The van der Waals surface area contributed by atoms with Crippen LogP contribution in [0.5, 0.6) is 5.75 Å². The number of ether oxygens (including phenoxy) is 1. The summed E-state index contributed by atoms with van der Waals surface area (Å²) in [6, 6.07) is 10.6. The second-order valence-electron chi connectivity index (χ2n) is 5.02. The Morgan fingerprint density at radius 3 is 2.84 bits per heavy atom. The average molecular weight is 273 g/mol. The fourth-order valence-electron chi connectivity index (χ4n) is 2.85. The number of benzene rings is 2. The highest BCUT2D eigenvalue weighted by atomic mass is 35.5. The normalized spacial score (nSPS) is 13.2. The Morgan fingerprint density at radius 1 is 1.21 bits per heavy atom. The van der Waals surface area contributed by atoms with Gasteiger partial charge in [0.05, 0.1) is 6.61 Å². The van der Waals surface area contributed by atoms with Crippen molar-refractivity contribution < 1.29 is 4.74 Å². The molecule has 1 heterocycles. The molecule has 0 unspecified atom stereocenters. The maximum atomic E-state index is 6.22. The minimum atomic E-state index is 0.800. The van der Waals surface area contributed by atoms with Gasteiger partial charge in [-0.1, -0.05) is 24.6 Å². The minimum Gasteiger partial charge on any atom is -0.493 e. The molecule has 0 N–H and O–H groups in total. The summed E-state index contributed by atoms with van der Waals surface area (Å²) in [5.74, 6) is 1.03. The largest absolute Gasteiger partial charge is 0.493 e. The van der Waals surface area contributed by atoms with Crippen LogP contribution in [-0.2, 0) is 12.8 Å². The smallest absolute Gasteiger partial charge is 0.122 e. The van der Waals surface area contributed by atoms with Crippen LogP contribution in [0.25, 0.3) is 11.1 Å². The second-order valence-corrected chi connectivity index (χ2v) is 5.46. The van der Waals surface area contributed by atoms with Gasteiger partial charge in [-0.25, -0.2) is 0 Å². The van der Waals surface area contributed by atoms with Crippen molar-refractivity contribution in [1.82, 2.24) is 0 Å². The first-order chi connectivity index (χ1) is 9.19. The van der Waals surface area contributed by atoms with Crippen LogP contribution in [0.15, 0.2) is 30.3 Å². The zero-order valence-corrected chi connectivity index (χ0v) is 12.1. The van der Waals surface area contributed by atoms with Crippen LogP contribution in [0.1, 0.15) is 23.6 Å². The molecule has 0 radical (unpaired) electrons. The number of halogens is 1. The standard InChI is InChI=1S/C17H17ClO/c1-3-15-11(2)8-14(18)10-16(15)12-4-5-17-13(9-12)6-7-19-17/h4-5,8-10H,3,6-7H2,1-2H3. The molecule has 1 aliphatic rings. The van der Waals surface area contributed by atoms with Gasteiger partial charge < -0.3 is 4.74 Å². The van der Waals surface area contributed by atoms with Crippen molar-refractivity contribution in [2.75, 3.05) is 6.61 Å². The Morgan fingerprint density at radius 2 is 2.05 bits per heavy atom. The van der Waals surface area contributed by atoms with E-state index in [9.17, 15) is 0 Å². The molecule has 0 spiro atoms. The highest BCUT2D eigenvalue weighted by molar-refractivity contribution is 6.31.